The van der Waals surface area contributed by atoms with Gasteiger partial charge in [0.05, 0.1) is 20.2 Å². The van der Waals surface area contributed by atoms with Crippen LogP contribution in [0.4, 0.5) is 0 Å². The van der Waals surface area contributed by atoms with Gasteiger partial charge < -0.3 is 52.2 Å². The number of carboxylic acid groups (broad SMARTS) is 2. The molecule has 2 radical (unpaired) electrons. The molecule has 0 spiro atoms. The largest absolute Gasteiger partial charge is 0.507 e. The van der Waals surface area contributed by atoms with Crippen LogP contribution in [0.15, 0.2) is 13.2 Å². The predicted molar refractivity (Wildman–Crippen MR) is 163 cm³/mol. The number of amides is 2. The monoisotopic (exact) mass is 742 g/mol. The minimum atomic E-state index is -0.793. The van der Waals surface area contributed by atoms with Crippen LogP contribution >= 0.6 is 0 Å². The Morgan fingerprint density at radius 2 is 1.07 bits per heavy atom. The molecule has 0 fully saturated rings. The maximum absolute atomic E-state index is 10.4. The molecule has 0 aliphatic carbocycles. The normalized spacial score (nSPS) is 7.32. The van der Waals surface area contributed by atoms with Crippen LogP contribution in [0, 0.1) is 26.0 Å². The fourth-order valence-corrected chi connectivity index (χ4v) is 1.36. The van der Waals surface area contributed by atoms with Gasteiger partial charge in [-0.1, -0.05) is 28.7 Å². The molecule has 0 unspecified atom stereocenters. The van der Waals surface area contributed by atoms with Crippen molar-refractivity contribution in [3.8, 4) is 0 Å². The molecule has 0 aromatic heterocycles. The van der Waals surface area contributed by atoms with Crippen molar-refractivity contribution in [2.24, 2.45) is 0 Å². The average Bonchev–Trinajstić information content (AvgIpc) is 2.82. The maximum atomic E-state index is 10.4. The van der Waals surface area contributed by atoms with Crippen molar-refractivity contribution in [3.63, 3.8) is 0 Å². The van der Waals surface area contributed by atoms with Gasteiger partial charge in [0.1, 0.15) is 0 Å². The van der Waals surface area contributed by atoms with E-state index in [4.69, 9.17) is 10.2 Å². The first kappa shape index (κ1) is 67.9. The third kappa shape index (κ3) is 132. The number of carboxylic acids is 2. The number of hydroxylamine groups is 1. The minimum absolute atomic E-state index is 0. The van der Waals surface area contributed by atoms with Gasteiger partial charge in [0.15, 0.2) is 0 Å². The molecule has 0 atom stereocenters. The van der Waals surface area contributed by atoms with Gasteiger partial charge in [-0.3, -0.25) is 37.2 Å². The number of hydrogen-bond donors (Lipinski definition) is 6. The van der Waals surface area contributed by atoms with Crippen LogP contribution in [-0.2, 0) is 89.4 Å². The predicted octanol–water partition coefficient (Wildman–Crippen LogP) is 4.02. The molecule has 0 rings (SSSR count). The van der Waals surface area contributed by atoms with E-state index in [0.717, 1.165) is 25.9 Å². The van der Waals surface area contributed by atoms with Gasteiger partial charge in [0.2, 0.25) is 11.8 Å². The summed E-state index contributed by atoms with van der Waals surface area (Å²) in [5, 5.41) is 24.1. The molecule has 0 saturated carbocycles. The Morgan fingerprint density at radius 1 is 0.780 bits per heavy atom. The number of carbonyl (C=O) groups is 4. The molecular weight excluding hydrogens is 682 g/mol. The van der Waals surface area contributed by atoms with Crippen LogP contribution in [0.5, 0.6) is 0 Å². The zero-order chi connectivity index (χ0) is 30.3. The Bertz CT molecular complexity index is 496. The Hall–Kier alpha value is -0.552. The van der Waals surface area contributed by atoms with Crippen molar-refractivity contribution in [2.75, 3.05) is 40.3 Å². The summed E-state index contributed by atoms with van der Waals surface area (Å²) >= 11 is 0. The molecule has 0 aromatic carbocycles. The maximum Gasteiger partial charge on any atom is 0.317 e. The smallest absolute Gasteiger partial charge is 0.317 e. The zero-order valence-electron chi connectivity index (χ0n) is 25.0. The van der Waals surface area contributed by atoms with Crippen LogP contribution < -0.4 is 21.4 Å². The molecular formula is C28H60N4O7Y2-4. The van der Waals surface area contributed by atoms with Crippen molar-refractivity contribution in [2.45, 2.75) is 81.1 Å². The van der Waals surface area contributed by atoms with E-state index in [9.17, 15) is 19.2 Å². The average molecular weight is 743 g/mol. The Kier molecular flexibility index (Phi) is 119. The van der Waals surface area contributed by atoms with Gasteiger partial charge in [0.25, 0.3) is 0 Å². The minimum Gasteiger partial charge on any atom is -0.507 e. The number of rotatable bonds is 13. The summed E-state index contributed by atoms with van der Waals surface area (Å²) in [6, 6.07) is 0. The molecule has 0 aromatic rings. The molecule has 11 nitrogen and oxygen atoms in total. The van der Waals surface area contributed by atoms with Gasteiger partial charge in [-0.15, -0.1) is 0 Å². The first-order valence-electron chi connectivity index (χ1n) is 11.8. The van der Waals surface area contributed by atoms with Gasteiger partial charge in [-0.05, 0) is 32.4 Å². The number of allylic oxidation sites excluding steroid dienone is 2. The van der Waals surface area contributed by atoms with Gasteiger partial charge in [0, 0.05) is 78.9 Å². The molecule has 2 amide bonds. The van der Waals surface area contributed by atoms with E-state index in [0.29, 0.717) is 25.7 Å². The Labute approximate surface area is 303 Å². The number of carbonyl (C=O) groups excluding carboxylic acids is 2. The first-order chi connectivity index (χ1) is 17.5. The van der Waals surface area contributed by atoms with E-state index in [1.807, 2.05) is 13.8 Å². The van der Waals surface area contributed by atoms with Crippen molar-refractivity contribution in [1.29, 1.82) is 0 Å². The molecule has 0 aliphatic rings. The molecule has 0 saturated heterocycles. The van der Waals surface area contributed by atoms with Crippen LogP contribution in [0.2, 0.25) is 0 Å². The summed E-state index contributed by atoms with van der Waals surface area (Å²) in [6.45, 7) is 22.7. The second kappa shape index (κ2) is 72.1. The molecule has 0 heterocycles. The third-order valence-corrected chi connectivity index (χ3v) is 2.71. The van der Waals surface area contributed by atoms with Crippen molar-refractivity contribution >= 4 is 23.8 Å². The van der Waals surface area contributed by atoms with E-state index in [1.54, 1.807) is 20.9 Å². The van der Waals surface area contributed by atoms with Gasteiger partial charge in [-0.25, -0.2) is 5.48 Å². The third-order valence-electron chi connectivity index (χ3n) is 2.71. The van der Waals surface area contributed by atoms with Crippen LogP contribution in [0.1, 0.15) is 81.1 Å². The molecule has 244 valence electrons. The van der Waals surface area contributed by atoms with Crippen molar-refractivity contribution in [3.05, 3.63) is 39.2 Å². The van der Waals surface area contributed by atoms with E-state index >= 15 is 0 Å². The SMILES string of the molecule is C.C.C=[C-]C.C=[C-]C.CCCNCC(=O)O.CCCNCC(=O)O.[CH2-]CCC(=O)NC.[CH2-]CCC(=O)NOC.[Y].[Y]. The molecule has 0 aliphatic heterocycles. The first-order valence-corrected chi connectivity index (χ1v) is 11.8. The van der Waals surface area contributed by atoms with Gasteiger partial charge >= 0.3 is 11.9 Å². The molecule has 41 heavy (non-hydrogen) atoms. The molecule has 13 heteroatoms. The second-order valence-electron chi connectivity index (χ2n) is 6.46. The Morgan fingerprint density at radius 3 is 1.24 bits per heavy atom. The number of nitrogens with one attached hydrogen (secondary N) is 4. The van der Waals surface area contributed by atoms with Crippen LogP contribution in [0.25, 0.3) is 0 Å². The fourth-order valence-electron chi connectivity index (χ4n) is 1.36. The second-order valence-corrected chi connectivity index (χ2v) is 6.46. The summed E-state index contributed by atoms with van der Waals surface area (Å²) < 4.78 is 0. The zero-order valence-corrected chi connectivity index (χ0v) is 30.7. The molecule has 0 bridgehead atoms. The summed E-state index contributed by atoms with van der Waals surface area (Å²) in [6.07, 6.45) is 9.21. The quantitative estimate of drug-likeness (QED) is 0.0929. The standard InChI is InChI=1S/C5H10NO2.2C5H11NO2.C5H10NO.2C3H5.2CH4.2Y/c1-3-4-5(7)6-8-2;2*1-2-3-6-4-5(7)8;1-3-4-5(7)6-2;2*1-3-2;;;;/h1,3-4H2,2H3,(H,6,7);2*6H,2-4H2,1H3,(H,7,8);1,3-4H2,2H3,(H,6,7);2*1H2,2H3;2*1H4;;/q-1;;;3*-1;;;;. The van der Waals surface area contributed by atoms with Crippen molar-refractivity contribution < 1.29 is 99.6 Å². The molecule has 6 N–H and O–H groups in total. The number of hydrogen-bond acceptors (Lipinski definition) is 7. The Balaban J connectivity index is -0.0000000356. The van der Waals surface area contributed by atoms with Crippen molar-refractivity contribution in [1.82, 2.24) is 21.4 Å². The summed E-state index contributed by atoms with van der Waals surface area (Å²) in [5.74, 6) is -1.64. The number of aliphatic carboxylic acids is 2. The van der Waals surface area contributed by atoms with E-state index in [2.05, 4.69) is 65.4 Å². The summed E-state index contributed by atoms with van der Waals surface area (Å²) in [5.41, 5.74) is 2.17. The van der Waals surface area contributed by atoms with E-state index in [1.165, 1.54) is 7.11 Å². The summed E-state index contributed by atoms with van der Waals surface area (Å²) in [4.78, 5) is 44.6. The fraction of sp³-hybridized carbons (Fsp3) is 0.643. The topological polar surface area (TPSA) is 166 Å². The van der Waals surface area contributed by atoms with Gasteiger partial charge in [-0.2, -0.15) is 26.7 Å². The summed E-state index contributed by atoms with van der Waals surface area (Å²) in [7, 11) is 3.03. The van der Waals surface area contributed by atoms with E-state index in [-0.39, 0.29) is 105 Å². The van der Waals surface area contributed by atoms with Crippen LogP contribution in [-0.4, -0.2) is 74.3 Å². The van der Waals surface area contributed by atoms with Crippen LogP contribution in [0.3, 0.4) is 0 Å². The van der Waals surface area contributed by atoms with E-state index < -0.39 is 11.9 Å².